The zero-order valence-electron chi connectivity index (χ0n) is 12.2. The maximum absolute atomic E-state index is 12.1. The van der Waals surface area contributed by atoms with Gasteiger partial charge in [-0.3, -0.25) is 9.78 Å². The Bertz CT molecular complexity index is 588. The van der Waals surface area contributed by atoms with Crippen molar-refractivity contribution < 1.29 is 4.79 Å². The van der Waals surface area contributed by atoms with Crippen LogP contribution in [0.25, 0.3) is 0 Å². The molecule has 0 saturated heterocycles. The summed E-state index contributed by atoms with van der Waals surface area (Å²) in [6.45, 7) is 4.53. The Morgan fingerprint density at radius 1 is 1.33 bits per heavy atom. The molecule has 2 aromatic heterocycles. The van der Waals surface area contributed by atoms with E-state index in [1.165, 1.54) is 0 Å². The third-order valence-corrected chi connectivity index (χ3v) is 3.05. The van der Waals surface area contributed by atoms with Gasteiger partial charge in [-0.2, -0.15) is 0 Å². The lowest BCUT2D eigenvalue weighted by Crippen LogP contribution is -2.25. The highest BCUT2D eigenvalue weighted by Crippen LogP contribution is 2.04. The molecule has 2 rings (SSSR count). The van der Waals surface area contributed by atoms with Crippen LogP contribution >= 0.6 is 0 Å². The van der Waals surface area contributed by atoms with Crippen molar-refractivity contribution in [2.24, 2.45) is 0 Å². The summed E-state index contributed by atoms with van der Waals surface area (Å²) in [7, 11) is 0. The van der Waals surface area contributed by atoms with Crippen LogP contribution in [0.15, 0.2) is 36.8 Å². The molecule has 0 bridgehead atoms. The van der Waals surface area contributed by atoms with E-state index in [2.05, 4.69) is 32.5 Å². The maximum atomic E-state index is 12.1. The first-order valence-corrected chi connectivity index (χ1v) is 6.95. The summed E-state index contributed by atoms with van der Waals surface area (Å²) in [5.74, 6) is 0.242. The van der Waals surface area contributed by atoms with Crippen LogP contribution in [-0.2, 0) is 6.54 Å². The summed E-state index contributed by atoms with van der Waals surface area (Å²) in [5, 5.41) is 5.96. The number of hydrogen-bond donors (Lipinski definition) is 2. The van der Waals surface area contributed by atoms with E-state index in [0.29, 0.717) is 18.2 Å². The molecule has 1 atom stereocenters. The van der Waals surface area contributed by atoms with Gasteiger partial charge in [0.2, 0.25) is 5.95 Å². The predicted octanol–water partition coefficient (Wildman–Crippen LogP) is 2.01. The molecule has 2 heterocycles. The lowest BCUT2D eigenvalue weighted by molar-refractivity contribution is 0.0946. The lowest BCUT2D eigenvalue weighted by Gasteiger charge is -2.11. The smallest absolute Gasteiger partial charge is 0.270 e. The standard InChI is InChI=1S/C15H19N5O/c1-3-11(2)19-15-17-8-6-13(20-15)14(21)18-10-12-5-4-7-16-9-12/h4-9,11H,3,10H2,1-2H3,(H,18,21)(H,17,19,20). The highest BCUT2D eigenvalue weighted by atomic mass is 16.1. The van der Waals surface area contributed by atoms with E-state index >= 15 is 0 Å². The van der Waals surface area contributed by atoms with E-state index in [1.54, 1.807) is 24.7 Å². The van der Waals surface area contributed by atoms with Gasteiger partial charge in [-0.05, 0) is 31.0 Å². The van der Waals surface area contributed by atoms with Gasteiger partial charge in [-0.25, -0.2) is 9.97 Å². The molecule has 2 N–H and O–H groups in total. The summed E-state index contributed by atoms with van der Waals surface area (Å²) >= 11 is 0. The Labute approximate surface area is 124 Å². The molecule has 0 aliphatic heterocycles. The van der Waals surface area contributed by atoms with Crippen molar-refractivity contribution >= 4 is 11.9 Å². The molecular weight excluding hydrogens is 266 g/mol. The van der Waals surface area contributed by atoms with Gasteiger partial charge in [0, 0.05) is 31.2 Å². The summed E-state index contributed by atoms with van der Waals surface area (Å²) in [6.07, 6.45) is 5.95. The summed E-state index contributed by atoms with van der Waals surface area (Å²) < 4.78 is 0. The molecule has 0 radical (unpaired) electrons. The summed E-state index contributed by atoms with van der Waals surface area (Å²) in [5.41, 5.74) is 1.29. The van der Waals surface area contributed by atoms with Crippen molar-refractivity contribution in [3.05, 3.63) is 48.0 Å². The molecule has 0 aliphatic carbocycles. The van der Waals surface area contributed by atoms with Crippen molar-refractivity contribution in [1.29, 1.82) is 0 Å². The maximum Gasteiger partial charge on any atom is 0.270 e. The van der Waals surface area contributed by atoms with Crippen molar-refractivity contribution in [3.63, 3.8) is 0 Å². The van der Waals surface area contributed by atoms with Gasteiger partial charge in [-0.15, -0.1) is 0 Å². The average molecular weight is 285 g/mol. The number of carbonyl (C=O) groups is 1. The van der Waals surface area contributed by atoms with Crippen LogP contribution in [0.5, 0.6) is 0 Å². The molecule has 0 spiro atoms. The zero-order valence-corrected chi connectivity index (χ0v) is 12.2. The minimum Gasteiger partial charge on any atom is -0.352 e. The fourth-order valence-corrected chi connectivity index (χ4v) is 1.65. The minimum atomic E-state index is -0.228. The second-order valence-electron chi connectivity index (χ2n) is 4.76. The minimum absolute atomic E-state index is 0.228. The second-order valence-corrected chi connectivity index (χ2v) is 4.76. The van der Waals surface area contributed by atoms with E-state index in [4.69, 9.17) is 0 Å². The van der Waals surface area contributed by atoms with Gasteiger partial charge in [0.15, 0.2) is 0 Å². The summed E-state index contributed by atoms with van der Waals surface area (Å²) in [6, 6.07) is 5.60. The Hall–Kier alpha value is -2.50. The molecule has 2 aromatic rings. The van der Waals surface area contributed by atoms with Crippen LogP contribution in [0.1, 0.15) is 36.3 Å². The van der Waals surface area contributed by atoms with E-state index in [-0.39, 0.29) is 11.9 Å². The Kier molecular flexibility index (Phi) is 5.20. The number of anilines is 1. The number of nitrogens with zero attached hydrogens (tertiary/aromatic N) is 3. The molecule has 6 nitrogen and oxygen atoms in total. The molecule has 0 fully saturated rings. The monoisotopic (exact) mass is 285 g/mol. The number of aromatic nitrogens is 3. The second kappa shape index (κ2) is 7.33. The van der Waals surface area contributed by atoms with E-state index in [9.17, 15) is 4.79 Å². The van der Waals surface area contributed by atoms with Gasteiger partial charge < -0.3 is 10.6 Å². The molecular formula is C15H19N5O. The van der Waals surface area contributed by atoms with Crippen molar-refractivity contribution in [1.82, 2.24) is 20.3 Å². The van der Waals surface area contributed by atoms with Gasteiger partial charge >= 0.3 is 0 Å². The van der Waals surface area contributed by atoms with Crippen molar-refractivity contribution in [3.8, 4) is 0 Å². The van der Waals surface area contributed by atoms with Crippen molar-refractivity contribution in [2.45, 2.75) is 32.9 Å². The van der Waals surface area contributed by atoms with Crippen LogP contribution in [-0.4, -0.2) is 26.9 Å². The molecule has 0 saturated carbocycles. The fraction of sp³-hybridized carbons (Fsp3) is 0.333. The Balaban J connectivity index is 1.97. The third kappa shape index (κ3) is 4.52. The molecule has 21 heavy (non-hydrogen) atoms. The highest BCUT2D eigenvalue weighted by molar-refractivity contribution is 5.92. The first kappa shape index (κ1) is 14.9. The van der Waals surface area contributed by atoms with E-state index < -0.39 is 0 Å². The van der Waals surface area contributed by atoms with Gasteiger partial charge in [0.1, 0.15) is 5.69 Å². The largest absolute Gasteiger partial charge is 0.352 e. The zero-order chi connectivity index (χ0) is 15.1. The molecule has 0 aromatic carbocycles. The molecule has 1 amide bonds. The highest BCUT2D eigenvalue weighted by Gasteiger charge is 2.09. The SMILES string of the molecule is CCC(C)Nc1nccc(C(=O)NCc2cccnc2)n1. The van der Waals surface area contributed by atoms with Gasteiger partial charge in [0.05, 0.1) is 0 Å². The van der Waals surface area contributed by atoms with Crippen LogP contribution in [0.2, 0.25) is 0 Å². The lowest BCUT2D eigenvalue weighted by atomic mass is 10.2. The number of amides is 1. The van der Waals surface area contributed by atoms with Crippen LogP contribution in [0.4, 0.5) is 5.95 Å². The van der Waals surface area contributed by atoms with Crippen molar-refractivity contribution in [2.75, 3.05) is 5.32 Å². The third-order valence-electron chi connectivity index (χ3n) is 3.05. The number of carbonyl (C=O) groups excluding carboxylic acids is 1. The quantitative estimate of drug-likeness (QED) is 0.848. The van der Waals surface area contributed by atoms with Gasteiger partial charge in [0.25, 0.3) is 5.91 Å². The van der Waals surface area contributed by atoms with Crippen LogP contribution < -0.4 is 10.6 Å². The normalized spacial score (nSPS) is 11.7. The molecule has 0 aliphatic rings. The Morgan fingerprint density at radius 3 is 2.90 bits per heavy atom. The first-order valence-electron chi connectivity index (χ1n) is 6.95. The van der Waals surface area contributed by atoms with Gasteiger partial charge in [-0.1, -0.05) is 13.0 Å². The average Bonchev–Trinajstić information content (AvgIpc) is 2.53. The molecule has 110 valence electrons. The first-order chi connectivity index (χ1) is 10.2. The number of hydrogen-bond acceptors (Lipinski definition) is 5. The topological polar surface area (TPSA) is 79.8 Å². The fourth-order valence-electron chi connectivity index (χ4n) is 1.65. The van der Waals surface area contributed by atoms with Crippen LogP contribution in [0.3, 0.4) is 0 Å². The number of rotatable bonds is 6. The molecule has 6 heteroatoms. The predicted molar refractivity (Wildman–Crippen MR) is 80.8 cm³/mol. The molecule has 1 unspecified atom stereocenters. The van der Waals surface area contributed by atoms with E-state index in [0.717, 1.165) is 12.0 Å². The number of pyridine rings is 1. The van der Waals surface area contributed by atoms with E-state index in [1.807, 2.05) is 19.1 Å². The summed E-state index contributed by atoms with van der Waals surface area (Å²) in [4.78, 5) is 24.4. The number of nitrogens with one attached hydrogen (secondary N) is 2. The van der Waals surface area contributed by atoms with Crippen LogP contribution in [0, 0.1) is 0 Å². The Morgan fingerprint density at radius 2 is 2.19 bits per heavy atom.